The Morgan fingerprint density at radius 2 is 1.65 bits per heavy atom. The fraction of sp³-hybridized carbons (Fsp3) is 0.0500. The molecule has 0 aliphatic rings. The second-order valence-electron chi connectivity index (χ2n) is 5.96. The molecule has 0 atom stereocenters. The Hall–Kier alpha value is -3.28. The second-order valence-corrected chi connectivity index (χ2v) is 5.96. The first kappa shape index (κ1) is 16.2. The Balaban J connectivity index is 1.67. The molecule has 0 spiro atoms. The minimum Gasteiger partial charge on any atom is -0.351 e. The SMILES string of the molecule is O=C(Nc1ccc2[nH]c(C(F)(F)F)cc2c1)c1cccc2ccccc12. The fourth-order valence-electron chi connectivity index (χ4n) is 2.98. The van der Waals surface area contributed by atoms with Crippen LogP contribution in [-0.4, -0.2) is 10.9 Å². The van der Waals surface area contributed by atoms with E-state index in [0.29, 0.717) is 22.2 Å². The van der Waals surface area contributed by atoms with Gasteiger partial charge in [-0.1, -0.05) is 36.4 Å². The number of H-pyrrole nitrogens is 1. The number of carbonyl (C=O) groups is 1. The zero-order chi connectivity index (χ0) is 18.3. The van der Waals surface area contributed by atoms with Crippen molar-refractivity contribution >= 4 is 33.3 Å². The highest BCUT2D eigenvalue weighted by Crippen LogP contribution is 2.32. The minimum absolute atomic E-state index is 0.312. The first-order valence-electron chi connectivity index (χ1n) is 7.91. The van der Waals surface area contributed by atoms with Crippen LogP contribution in [0.3, 0.4) is 0 Å². The highest BCUT2D eigenvalue weighted by Gasteiger charge is 2.32. The summed E-state index contributed by atoms with van der Waals surface area (Å²) in [6, 6.07) is 18.6. The molecule has 0 saturated carbocycles. The number of hydrogen-bond acceptors (Lipinski definition) is 1. The summed E-state index contributed by atoms with van der Waals surface area (Å²) in [5.74, 6) is -0.312. The molecule has 2 N–H and O–H groups in total. The highest BCUT2D eigenvalue weighted by atomic mass is 19.4. The minimum atomic E-state index is -4.44. The summed E-state index contributed by atoms with van der Waals surface area (Å²) >= 11 is 0. The highest BCUT2D eigenvalue weighted by molar-refractivity contribution is 6.13. The van der Waals surface area contributed by atoms with E-state index in [-0.39, 0.29) is 5.91 Å². The summed E-state index contributed by atoms with van der Waals surface area (Å²) < 4.78 is 38.4. The van der Waals surface area contributed by atoms with Crippen LogP contribution in [0.25, 0.3) is 21.7 Å². The van der Waals surface area contributed by atoms with Crippen molar-refractivity contribution in [1.82, 2.24) is 4.98 Å². The molecule has 1 amide bonds. The standard InChI is InChI=1S/C20H13F3N2O/c21-20(22,23)18-11-13-10-14(8-9-17(13)25-18)24-19(26)16-7-3-5-12-4-1-2-6-15(12)16/h1-11,25H,(H,24,26). The lowest BCUT2D eigenvalue weighted by atomic mass is 10.0. The van der Waals surface area contributed by atoms with E-state index < -0.39 is 11.9 Å². The molecule has 3 aromatic carbocycles. The predicted molar refractivity (Wildman–Crippen MR) is 95.2 cm³/mol. The van der Waals surface area contributed by atoms with E-state index in [4.69, 9.17) is 0 Å². The van der Waals surface area contributed by atoms with Gasteiger partial charge in [0.1, 0.15) is 5.69 Å². The molecule has 4 aromatic rings. The molecule has 0 aliphatic heterocycles. The van der Waals surface area contributed by atoms with Gasteiger partial charge in [-0.2, -0.15) is 13.2 Å². The lowest BCUT2D eigenvalue weighted by Crippen LogP contribution is -2.12. The zero-order valence-corrected chi connectivity index (χ0v) is 13.4. The number of amides is 1. The van der Waals surface area contributed by atoms with E-state index in [1.807, 2.05) is 30.3 Å². The third kappa shape index (κ3) is 2.90. The number of carbonyl (C=O) groups excluding carboxylic acids is 1. The Labute approximate surface area is 146 Å². The molecule has 4 rings (SSSR count). The summed E-state index contributed by atoms with van der Waals surface area (Å²) in [6.45, 7) is 0. The van der Waals surface area contributed by atoms with Crippen molar-refractivity contribution < 1.29 is 18.0 Å². The van der Waals surface area contributed by atoms with Crippen molar-refractivity contribution in [2.45, 2.75) is 6.18 Å². The molecule has 0 saturated heterocycles. The molecular formula is C20H13F3N2O. The van der Waals surface area contributed by atoms with E-state index in [1.165, 1.54) is 12.1 Å². The van der Waals surface area contributed by atoms with E-state index in [2.05, 4.69) is 10.3 Å². The number of rotatable bonds is 2. The van der Waals surface area contributed by atoms with Crippen LogP contribution in [0.4, 0.5) is 18.9 Å². The van der Waals surface area contributed by atoms with Gasteiger partial charge in [0.15, 0.2) is 0 Å². The molecule has 130 valence electrons. The maximum Gasteiger partial charge on any atom is 0.431 e. The average Bonchev–Trinajstić information content (AvgIpc) is 3.05. The zero-order valence-electron chi connectivity index (χ0n) is 13.4. The van der Waals surface area contributed by atoms with Gasteiger partial charge < -0.3 is 10.3 Å². The third-order valence-corrected chi connectivity index (χ3v) is 4.22. The number of alkyl halides is 3. The van der Waals surface area contributed by atoms with Crippen LogP contribution in [0.5, 0.6) is 0 Å². The predicted octanol–water partition coefficient (Wildman–Crippen LogP) is 5.59. The van der Waals surface area contributed by atoms with Crippen LogP contribution in [0, 0.1) is 0 Å². The Kier molecular flexibility index (Phi) is 3.68. The summed E-state index contributed by atoms with van der Waals surface area (Å²) in [5.41, 5.74) is 0.488. The van der Waals surface area contributed by atoms with Crippen LogP contribution in [0.1, 0.15) is 16.1 Å². The van der Waals surface area contributed by atoms with Gasteiger partial charge in [0, 0.05) is 22.2 Å². The Morgan fingerprint density at radius 1 is 0.885 bits per heavy atom. The van der Waals surface area contributed by atoms with Crippen molar-refractivity contribution in [2.75, 3.05) is 5.32 Å². The van der Waals surface area contributed by atoms with Crippen LogP contribution in [0.15, 0.2) is 66.7 Å². The molecule has 0 aliphatic carbocycles. The summed E-state index contributed by atoms with van der Waals surface area (Å²) in [5, 5.41) is 4.89. The fourth-order valence-corrected chi connectivity index (χ4v) is 2.98. The number of hydrogen-bond donors (Lipinski definition) is 2. The molecule has 0 fully saturated rings. The van der Waals surface area contributed by atoms with Crippen LogP contribution in [-0.2, 0) is 6.18 Å². The van der Waals surface area contributed by atoms with Crippen LogP contribution >= 0.6 is 0 Å². The molecule has 6 heteroatoms. The van der Waals surface area contributed by atoms with Gasteiger partial charge in [-0.3, -0.25) is 4.79 Å². The van der Waals surface area contributed by atoms with Gasteiger partial charge in [-0.15, -0.1) is 0 Å². The first-order chi connectivity index (χ1) is 12.4. The maximum absolute atomic E-state index is 12.8. The number of nitrogens with one attached hydrogen (secondary N) is 2. The number of halogens is 3. The van der Waals surface area contributed by atoms with Gasteiger partial charge in [0.05, 0.1) is 0 Å². The van der Waals surface area contributed by atoms with Crippen molar-refractivity contribution in [1.29, 1.82) is 0 Å². The van der Waals surface area contributed by atoms with Gasteiger partial charge >= 0.3 is 6.18 Å². The van der Waals surface area contributed by atoms with Gasteiger partial charge in [-0.25, -0.2) is 0 Å². The van der Waals surface area contributed by atoms with Crippen molar-refractivity contribution in [2.24, 2.45) is 0 Å². The number of anilines is 1. The van der Waals surface area contributed by atoms with Crippen molar-refractivity contribution in [3.8, 4) is 0 Å². The number of fused-ring (bicyclic) bond motifs is 2. The summed E-state index contributed by atoms with van der Waals surface area (Å²) in [4.78, 5) is 15.0. The topological polar surface area (TPSA) is 44.9 Å². The van der Waals surface area contributed by atoms with E-state index in [1.54, 1.807) is 18.2 Å². The van der Waals surface area contributed by atoms with Gasteiger partial charge in [-0.05, 0) is 41.1 Å². The third-order valence-electron chi connectivity index (χ3n) is 4.22. The smallest absolute Gasteiger partial charge is 0.351 e. The Bertz CT molecular complexity index is 1120. The average molecular weight is 354 g/mol. The van der Waals surface area contributed by atoms with Crippen molar-refractivity contribution in [3.05, 3.63) is 78.0 Å². The number of aromatic nitrogens is 1. The van der Waals surface area contributed by atoms with Crippen LogP contribution in [0.2, 0.25) is 0 Å². The second kappa shape index (κ2) is 5.91. The molecule has 1 aromatic heterocycles. The molecule has 26 heavy (non-hydrogen) atoms. The molecule has 1 heterocycles. The normalized spacial score (nSPS) is 11.8. The molecule has 0 radical (unpaired) electrons. The molecule has 3 nitrogen and oxygen atoms in total. The lowest BCUT2D eigenvalue weighted by Gasteiger charge is -2.08. The maximum atomic E-state index is 12.8. The first-order valence-corrected chi connectivity index (χ1v) is 7.91. The molecule has 0 bridgehead atoms. The number of aromatic amines is 1. The van der Waals surface area contributed by atoms with Gasteiger partial charge in [0.25, 0.3) is 5.91 Å². The van der Waals surface area contributed by atoms with Gasteiger partial charge in [0.2, 0.25) is 0 Å². The van der Waals surface area contributed by atoms with E-state index in [9.17, 15) is 18.0 Å². The molecule has 0 unspecified atom stereocenters. The van der Waals surface area contributed by atoms with Crippen LogP contribution < -0.4 is 5.32 Å². The summed E-state index contributed by atoms with van der Waals surface area (Å²) in [6.07, 6.45) is -4.44. The largest absolute Gasteiger partial charge is 0.431 e. The van der Waals surface area contributed by atoms with E-state index in [0.717, 1.165) is 16.8 Å². The summed E-state index contributed by atoms with van der Waals surface area (Å²) in [7, 11) is 0. The Morgan fingerprint density at radius 3 is 2.46 bits per heavy atom. The van der Waals surface area contributed by atoms with E-state index >= 15 is 0 Å². The lowest BCUT2D eigenvalue weighted by molar-refractivity contribution is -0.140. The quantitative estimate of drug-likeness (QED) is 0.484. The number of benzene rings is 3. The monoisotopic (exact) mass is 354 g/mol. The molecular weight excluding hydrogens is 341 g/mol. The van der Waals surface area contributed by atoms with Crippen molar-refractivity contribution in [3.63, 3.8) is 0 Å².